The first-order valence-electron chi connectivity index (χ1n) is 13.6. The minimum atomic E-state index is -1.34. The van der Waals surface area contributed by atoms with Gasteiger partial charge in [0.2, 0.25) is 6.29 Å². The molecule has 4 saturated carbocycles. The number of rotatable bonds is 4. The fourth-order valence-electron chi connectivity index (χ4n) is 9.40. The number of ether oxygens (including phenoxy) is 5. The highest BCUT2D eigenvalue weighted by Gasteiger charge is 2.86. The Bertz CT molecular complexity index is 1060. The molecule has 0 N–H and O–H groups in total. The number of fused-ring (bicyclic) bond motifs is 2. The molecular formula is C28H38O10. The van der Waals surface area contributed by atoms with Crippen molar-refractivity contribution in [2.24, 2.45) is 39.9 Å². The Kier molecular flexibility index (Phi) is 6.25. The van der Waals surface area contributed by atoms with E-state index in [0.717, 1.165) is 6.42 Å². The maximum Gasteiger partial charge on any atom is 0.304 e. The Hall–Kier alpha value is -2.49. The van der Waals surface area contributed by atoms with Crippen LogP contribution in [0.25, 0.3) is 0 Å². The van der Waals surface area contributed by atoms with Gasteiger partial charge in [-0.25, -0.2) is 0 Å². The van der Waals surface area contributed by atoms with Gasteiger partial charge in [-0.2, -0.15) is 0 Å². The lowest BCUT2D eigenvalue weighted by Crippen LogP contribution is -2.81. The molecule has 2 heterocycles. The highest BCUT2D eigenvalue weighted by atomic mass is 16.7. The summed E-state index contributed by atoms with van der Waals surface area (Å²) in [6, 6.07) is 0. The molecular weight excluding hydrogens is 496 g/mol. The van der Waals surface area contributed by atoms with Gasteiger partial charge >= 0.3 is 23.9 Å². The van der Waals surface area contributed by atoms with Gasteiger partial charge in [-0.15, -0.1) is 0 Å². The number of carbonyl (C=O) groups excluding carboxylic acids is 5. The van der Waals surface area contributed by atoms with Gasteiger partial charge in [0.25, 0.3) is 0 Å². The molecule has 1 unspecified atom stereocenters. The lowest BCUT2D eigenvalue weighted by Gasteiger charge is -2.73. The zero-order valence-corrected chi connectivity index (χ0v) is 23.1. The van der Waals surface area contributed by atoms with Crippen LogP contribution in [0, 0.1) is 39.9 Å². The van der Waals surface area contributed by atoms with Crippen molar-refractivity contribution in [3.63, 3.8) is 0 Å². The molecule has 4 aliphatic carbocycles. The molecule has 0 aromatic heterocycles. The summed E-state index contributed by atoms with van der Waals surface area (Å²) in [4.78, 5) is 64.1. The van der Waals surface area contributed by atoms with Crippen molar-refractivity contribution in [2.45, 2.75) is 105 Å². The van der Waals surface area contributed by atoms with Crippen LogP contribution in [-0.2, 0) is 47.7 Å². The first-order chi connectivity index (χ1) is 17.7. The average molecular weight is 535 g/mol. The Balaban J connectivity index is 1.83. The van der Waals surface area contributed by atoms with Crippen LogP contribution in [0.3, 0.4) is 0 Å². The molecule has 11 atom stereocenters. The zero-order valence-electron chi connectivity index (χ0n) is 23.1. The average Bonchev–Trinajstić information content (AvgIpc) is 2.90. The lowest BCUT2D eigenvalue weighted by atomic mass is 9.36. The Morgan fingerprint density at radius 2 is 1.47 bits per heavy atom. The molecule has 4 bridgehead atoms. The van der Waals surface area contributed by atoms with Crippen LogP contribution in [0.15, 0.2) is 0 Å². The molecule has 0 aromatic carbocycles. The molecule has 10 heteroatoms. The van der Waals surface area contributed by atoms with Gasteiger partial charge in [0.05, 0.1) is 16.9 Å². The Morgan fingerprint density at radius 1 is 0.868 bits per heavy atom. The standard InChI is InChI=1S/C28H38O10/c1-12-17-10-18(34-13(2)29)22-27-19(26(6,7)9-8-20(27)35-14(3)30)11-21(38-25(27)37-16(5)32)28(22,23(12)33)24(17)36-15(4)31/h12,17-22,24-25H,8-11H2,1-7H3/t12-,17+,18+,19-,20-,21+,22+,24-,25-,27-,28?/m1/s1. The van der Waals surface area contributed by atoms with E-state index in [1.807, 2.05) is 6.92 Å². The number of ketones is 1. The minimum Gasteiger partial charge on any atom is -0.462 e. The van der Waals surface area contributed by atoms with E-state index < -0.39 is 77.2 Å². The van der Waals surface area contributed by atoms with Gasteiger partial charge < -0.3 is 23.7 Å². The van der Waals surface area contributed by atoms with Crippen molar-refractivity contribution in [3.05, 3.63) is 0 Å². The first-order valence-corrected chi connectivity index (χ1v) is 13.6. The molecule has 6 rings (SSSR count). The lowest BCUT2D eigenvalue weighted by molar-refractivity contribution is -0.410. The molecule has 0 aromatic rings. The smallest absolute Gasteiger partial charge is 0.304 e. The van der Waals surface area contributed by atoms with Crippen LogP contribution in [0.4, 0.5) is 0 Å². The number of hydrogen-bond donors (Lipinski definition) is 0. The highest BCUT2D eigenvalue weighted by molar-refractivity contribution is 5.93. The van der Waals surface area contributed by atoms with Gasteiger partial charge in [0, 0.05) is 45.4 Å². The molecule has 2 saturated heterocycles. The van der Waals surface area contributed by atoms with Crippen LogP contribution in [-0.4, -0.2) is 60.4 Å². The first kappa shape index (κ1) is 27.1. The third-order valence-electron chi connectivity index (χ3n) is 10.3. The van der Waals surface area contributed by atoms with E-state index in [-0.39, 0.29) is 29.5 Å². The van der Waals surface area contributed by atoms with Crippen LogP contribution < -0.4 is 0 Å². The van der Waals surface area contributed by atoms with E-state index >= 15 is 0 Å². The van der Waals surface area contributed by atoms with Gasteiger partial charge in [-0.05, 0) is 37.0 Å². The van der Waals surface area contributed by atoms with E-state index in [2.05, 4.69) is 13.8 Å². The summed E-state index contributed by atoms with van der Waals surface area (Å²) < 4.78 is 30.3. The second-order valence-corrected chi connectivity index (χ2v) is 12.6. The van der Waals surface area contributed by atoms with E-state index in [0.29, 0.717) is 12.8 Å². The van der Waals surface area contributed by atoms with E-state index in [4.69, 9.17) is 23.7 Å². The highest BCUT2D eigenvalue weighted by Crippen LogP contribution is 2.76. The van der Waals surface area contributed by atoms with E-state index in [1.165, 1.54) is 27.7 Å². The summed E-state index contributed by atoms with van der Waals surface area (Å²) in [5, 5.41) is 0. The molecule has 10 nitrogen and oxygen atoms in total. The molecule has 210 valence electrons. The maximum absolute atomic E-state index is 14.4. The molecule has 0 radical (unpaired) electrons. The SMILES string of the molecule is CC(=O)O[C@@H]1O[C@H]2C[C@@H]3C(C)(C)CC[C@@H](OC(C)=O)[C@]13[C@@H]1[C@@H](OC(C)=O)C[C@@H]3[C@@H](OC(C)=O)C21C(=O)[C@@H]3C. The van der Waals surface area contributed by atoms with Gasteiger partial charge in [0.1, 0.15) is 24.1 Å². The third kappa shape index (κ3) is 3.44. The van der Waals surface area contributed by atoms with Crippen LogP contribution in [0.2, 0.25) is 0 Å². The van der Waals surface area contributed by atoms with Crippen molar-refractivity contribution in [1.29, 1.82) is 0 Å². The van der Waals surface area contributed by atoms with Gasteiger partial charge in [-0.1, -0.05) is 20.8 Å². The second-order valence-electron chi connectivity index (χ2n) is 12.6. The fraction of sp³-hybridized carbons (Fsp3) is 0.821. The Morgan fingerprint density at radius 3 is 2.05 bits per heavy atom. The summed E-state index contributed by atoms with van der Waals surface area (Å²) in [7, 11) is 0. The van der Waals surface area contributed by atoms with Crippen molar-refractivity contribution < 1.29 is 47.7 Å². The Labute approximate surface area is 222 Å². The monoisotopic (exact) mass is 534 g/mol. The van der Waals surface area contributed by atoms with Crippen LogP contribution in [0.1, 0.15) is 74.1 Å². The summed E-state index contributed by atoms with van der Waals surface area (Å²) in [6.45, 7) is 11.3. The normalized spacial score (nSPS) is 45.9. The van der Waals surface area contributed by atoms with Crippen molar-refractivity contribution in [1.82, 2.24) is 0 Å². The molecule has 6 fully saturated rings. The van der Waals surface area contributed by atoms with E-state index in [1.54, 1.807) is 0 Å². The predicted molar refractivity (Wildman–Crippen MR) is 129 cm³/mol. The van der Waals surface area contributed by atoms with E-state index in [9.17, 15) is 24.0 Å². The third-order valence-corrected chi connectivity index (χ3v) is 10.3. The summed E-state index contributed by atoms with van der Waals surface area (Å²) in [5.41, 5.74) is -2.86. The topological polar surface area (TPSA) is 132 Å². The molecule has 38 heavy (non-hydrogen) atoms. The van der Waals surface area contributed by atoms with Crippen molar-refractivity contribution in [2.75, 3.05) is 0 Å². The quantitative estimate of drug-likeness (QED) is 0.392. The maximum atomic E-state index is 14.4. The number of Topliss-reactive ketones (excluding diaryl/α,β-unsaturated/α-hetero) is 1. The number of esters is 4. The minimum absolute atomic E-state index is 0.109. The summed E-state index contributed by atoms with van der Waals surface area (Å²) in [6.07, 6.45) is -2.33. The summed E-state index contributed by atoms with van der Waals surface area (Å²) in [5.74, 6) is -4.03. The summed E-state index contributed by atoms with van der Waals surface area (Å²) >= 11 is 0. The second kappa shape index (κ2) is 8.76. The van der Waals surface area contributed by atoms with Gasteiger partial charge in [-0.3, -0.25) is 24.0 Å². The molecule has 2 spiro atoms. The van der Waals surface area contributed by atoms with Crippen molar-refractivity contribution in [3.8, 4) is 0 Å². The zero-order chi connectivity index (χ0) is 27.9. The largest absolute Gasteiger partial charge is 0.462 e. The fourth-order valence-corrected chi connectivity index (χ4v) is 9.40. The molecule has 2 aliphatic heterocycles. The van der Waals surface area contributed by atoms with Crippen molar-refractivity contribution >= 4 is 29.7 Å². The predicted octanol–water partition coefficient (Wildman–Crippen LogP) is 2.74. The number of hydrogen-bond acceptors (Lipinski definition) is 10. The van der Waals surface area contributed by atoms with Crippen LogP contribution >= 0.6 is 0 Å². The number of carbonyl (C=O) groups is 5. The van der Waals surface area contributed by atoms with Gasteiger partial charge in [0.15, 0.2) is 0 Å². The molecule has 6 aliphatic rings. The molecule has 0 amide bonds. The van der Waals surface area contributed by atoms with Crippen LogP contribution in [0.5, 0.6) is 0 Å².